The van der Waals surface area contributed by atoms with E-state index in [4.69, 9.17) is 14.2 Å². The lowest BCUT2D eigenvalue weighted by Gasteiger charge is -2.29. The van der Waals surface area contributed by atoms with Crippen LogP contribution in [-0.4, -0.2) is 47.1 Å². The molecule has 1 amide bonds. The number of nitrogens with zero attached hydrogens (tertiary/aromatic N) is 2. The minimum absolute atomic E-state index is 0.0981. The van der Waals surface area contributed by atoms with Gasteiger partial charge < -0.3 is 19.1 Å². The van der Waals surface area contributed by atoms with Crippen LogP contribution < -0.4 is 9.47 Å². The largest absolute Gasteiger partial charge is 0.454 e. The van der Waals surface area contributed by atoms with Crippen LogP contribution in [-0.2, 0) is 22.5 Å². The SMILES string of the molecule is O=C([C@@H]1CCCO1)N1CCc2[nH]nc(-c3ccc4c(c3)OCO4)c2C1. The second-order valence-electron chi connectivity index (χ2n) is 6.61. The van der Waals surface area contributed by atoms with E-state index in [0.717, 1.165) is 53.3 Å². The number of carbonyl (C=O) groups is 1. The van der Waals surface area contributed by atoms with Crippen molar-refractivity contribution in [3.63, 3.8) is 0 Å². The molecule has 0 radical (unpaired) electrons. The maximum absolute atomic E-state index is 12.7. The predicted molar refractivity (Wildman–Crippen MR) is 88.2 cm³/mol. The predicted octanol–water partition coefficient (Wildman–Crippen LogP) is 1.87. The summed E-state index contributed by atoms with van der Waals surface area (Å²) in [6.45, 7) is 2.20. The Labute approximate surface area is 144 Å². The van der Waals surface area contributed by atoms with Gasteiger partial charge in [-0.15, -0.1) is 0 Å². The molecule has 130 valence electrons. The summed E-state index contributed by atoms with van der Waals surface area (Å²) in [4.78, 5) is 14.6. The number of benzene rings is 1. The Morgan fingerprint density at radius 3 is 3.08 bits per heavy atom. The summed E-state index contributed by atoms with van der Waals surface area (Å²) in [5, 5.41) is 7.62. The van der Waals surface area contributed by atoms with Crippen LogP contribution in [0.25, 0.3) is 11.3 Å². The van der Waals surface area contributed by atoms with Gasteiger partial charge in [-0.2, -0.15) is 5.10 Å². The van der Waals surface area contributed by atoms with Gasteiger partial charge >= 0.3 is 0 Å². The number of hydrogen-bond acceptors (Lipinski definition) is 5. The summed E-state index contributed by atoms with van der Waals surface area (Å²) in [5.74, 6) is 1.58. The van der Waals surface area contributed by atoms with Gasteiger partial charge in [0, 0.05) is 42.9 Å². The number of amides is 1. The number of hydrogen-bond donors (Lipinski definition) is 1. The molecule has 4 heterocycles. The van der Waals surface area contributed by atoms with Crippen LogP contribution in [0.3, 0.4) is 0 Å². The Morgan fingerprint density at radius 1 is 1.28 bits per heavy atom. The highest BCUT2D eigenvalue weighted by molar-refractivity contribution is 5.82. The summed E-state index contributed by atoms with van der Waals surface area (Å²) in [7, 11) is 0. The molecule has 0 unspecified atom stereocenters. The molecular weight excluding hydrogens is 322 g/mol. The van der Waals surface area contributed by atoms with Crippen LogP contribution in [0, 0.1) is 0 Å². The molecule has 1 aromatic heterocycles. The van der Waals surface area contributed by atoms with Gasteiger partial charge in [0.2, 0.25) is 6.79 Å². The highest BCUT2D eigenvalue weighted by Gasteiger charge is 2.32. The van der Waals surface area contributed by atoms with E-state index in [1.165, 1.54) is 0 Å². The average molecular weight is 341 g/mol. The topological polar surface area (TPSA) is 76.7 Å². The van der Waals surface area contributed by atoms with Crippen molar-refractivity contribution in [1.29, 1.82) is 0 Å². The van der Waals surface area contributed by atoms with Crippen LogP contribution in [0.2, 0.25) is 0 Å². The van der Waals surface area contributed by atoms with Gasteiger partial charge in [-0.3, -0.25) is 9.89 Å². The van der Waals surface area contributed by atoms with Crippen molar-refractivity contribution in [1.82, 2.24) is 15.1 Å². The third-order valence-corrected chi connectivity index (χ3v) is 5.10. The van der Waals surface area contributed by atoms with Crippen molar-refractivity contribution in [2.75, 3.05) is 19.9 Å². The number of carbonyl (C=O) groups excluding carboxylic acids is 1. The first-order chi connectivity index (χ1) is 12.3. The van der Waals surface area contributed by atoms with E-state index in [9.17, 15) is 4.79 Å². The number of rotatable bonds is 2. The summed E-state index contributed by atoms with van der Waals surface area (Å²) in [5.41, 5.74) is 4.02. The van der Waals surface area contributed by atoms with Crippen LogP contribution in [0.15, 0.2) is 18.2 Å². The van der Waals surface area contributed by atoms with Crippen LogP contribution in [0.4, 0.5) is 0 Å². The summed E-state index contributed by atoms with van der Waals surface area (Å²) in [6.07, 6.45) is 2.29. The van der Waals surface area contributed by atoms with Crippen molar-refractivity contribution in [2.45, 2.75) is 31.9 Å². The zero-order valence-corrected chi connectivity index (χ0v) is 13.8. The van der Waals surface area contributed by atoms with Gasteiger partial charge in [0.1, 0.15) is 6.10 Å². The molecule has 0 bridgehead atoms. The Balaban J connectivity index is 1.43. The van der Waals surface area contributed by atoms with Gasteiger partial charge in [0.15, 0.2) is 11.5 Å². The number of nitrogens with one attached hydrogen (secondary N) is 1. The molecule has 3 aliphatic rings. The molecule has 1 atom stereocenters. The highest BCUT2D eigenvalue weighted by Crippen LogP contribution is 2.37. The zero-order valence-electron chi connectivity index (χ0n) is 13.8. The lowest BCUT2D eigenvalue weighted by atomic mass is 10.00. The van der Waals surface area contributed by atoms with E-state index in [2.05, 4.69) is 10.2 Å². The molecule has 3 aliphatic heterocycles. The molecule has 2 aromatic rings. The van der Waals surface area contributed by atoms with Crippen molar-refractivity contribution < 1.29 is 19.0 Å². The second kappa shape index (κ2) is 5.77. The highest BCUT2D eigenvalue weighted by atomic mass is 16.7. The van der Waals surface area contributed by atoms with Crippen molar-refractivity contribution >= 4 is 5.91 Å². The molecule has 1 aromatic carbocycles. The molecule has 1 fully saturated rings. The summed E-state index contributed by atoms with van der Waals surface area (Å²) in [6, 6.07) is 5.82. The molecule has 0 aliphatic carbocycles. The van der Waals surface area contributed by atoms with Crippen molar-refractivity contribution in [2.24, 2.45) is 0 Å². The third kappa shape index (κ3) is 2.46. The van der Waals surface area contributed by atoms with Crippen LogP contribution in [0.5, 0.6) is 11.5 Å². The van der Waals surface area contributed by atoms with Crippen molar-refractivity contribution in [3.8, 4) is 22.8 Å². The molecule has 0 saturated carbocycles. The quantitative estimate of drug-likeness (QED) is 0.902. The van der Waals surface area contributed by atoms with Gasteiger partial charge in [0.25, 0.3) is 5.91 Å². The van der Waals surface area contributed by atoms with Gasteiger partial charge in [-0.05, 0) is 31.0 Å². The molecule has 25 heavy (non-hydrogen) atoms. The lowest BCUT2D eigenvalue weighted by Crippen LogP contribution is -2.41. The van der Waals surface area contributed by atoms with Gasteiger partial charge in [-0.1, -0.05) is 0 Å². The zero-order chi connectivity index (χ0) is 16.8. The fourth-order valence-corrected chi connectivity index (χ4v) is 3.74. The third-order valence-electron chi connectivity index (χ3n) is 5.10. The summed E-state index contributed by atoms with van der Waals surface area (Å²) < 4.78 is 16.4. The first-order valence-corrected chi connectivity index (χ1v) is 8.66. The van der Waals surface area contributed by atoms with E-state index in [1.807, 2.05) is 23.1 Å². The van der Waals surface area contributed by atoms with Gasteiger partial charge in [0.05, 0.1) is 5.69 Å². The Bertz CT molecular complexity index is 826. The first-order valence-electron chi connectivity index (χ1n) is 8.66. The number of H-pyrrole nitrogens is 1. The molecule has 1 N–H and O–H groups in total. The Hall–Kier alpha value is -2.54. The molecule has 7 heteroatoms. The fraction of sp³-hybridized carbons (Fsp3) is 0.444. The minimum atomic E-state index is -0.276. The van der Waals surface area contributed by atoms with E-state index in [-0.39, 0.29) is 18.8 Å². The molecular formula is C18H19N3O4. The smallest absolute Gasteiger partial charge is 0.252 e. The number of fused-ring (bicyclic) bond motifs is 2. The maximum Gasteiger partial charge on any atom is 0.252 e. The number of ether oxygens (including phenoxy) is 3. The summed E-state index contributed by atoms with van der Waals surface area (Å²) >= 11 is 0. The van der Waals surface area contributed by atoms with E-state index in [1.54, 1.807) is 0 Å². The van der Waals surface area contributed by atoms with Crippen LogP contribution >= 0.6 is 0 Å². The first kappa shape index (κ1) is 14.8. The lowest BCUT2D eigenvalue weighted by molar-refractivity contribution is -0.141. The molecule has 7 nitrogen and oxygen atoms in total. The fourth-order valence-electron chi connectivity index (χ4n) is 3.74. The second-order valence-corrected chi connectivity index (χ2v) is 6.61. The Morgan fingerprint density at radius 2 is 2.20 bits per heavy atom. The molecule has 1 saturated heterocycles. The molecule has 5 rings (SSSR count). The maximum atomic E-state index is 12.7. The van der Waals surface area contributed by atoms with E-state index >= 15 is 0 Å². The number of aromatic nitrogens is 2. The average Bonchev–Trinajstić information content (AvgIpc) is 3.39. The standard InChI is InChI=1S/C18H19N3O4/c22-18(15-2-1-7-23-15)21-6-5-13-12(9-21)17(20-19-13)11-3-4-14-16(8-11)25-10-24-14/h3-4,8,15H,1-2,5-7,9-10H2,(H,19,20)/t15-/m0/s1. The normalized spacial score (nSPS) is 21.4. The van der Waals surface area contributed by atoms with Gasteiger partial charge in [-0.25, -0.2) is 0 Å². The van der Waals surface area contributed by atoms with Crippen molar-refractivity contribution in [3.05, 3.63) is 29.5 Å². The number of aromatic amines is 1. The van der Waals surface area contributed by atoms with E-state index < -0.39 is 0 Å². The molecule has 0 spiro atoms. The van der Waals surface area contributed by atoms with E-state index in [0.29, 0.717) is 19.7 Å². The minimum Gasteiger partial charge on any atom is -0.454 e. The Kier molecular flexibility index (Phi) is 3.41. The van der Waals surface area contributed by atoms with Crippen LogP contribution in [0.1, 0.15) is 24.1 Å². The monoisotopic (exact) mass is 341 g/mol.